The molecule has 0 spiro atoms. The summed E-state index contributed by atoms with van der Waals surface area (Å²) < 4.78 is 4.93. The van der Waals surface area contributed by atoms with Gasteiger partial charge in [-0.25, -0.2) is 4.79 Å². The van der Waals surface area contributed by atoms with Crippen LogP contribution in [0.3, 0.4) is 0 Å². The second-order valence-corrected chi connectivity index (χ2v) is 5.66. The fourth-order valence-electron chi connectivity index (χ4n) is 1.88. The highest BCUT2D eigenvalue weighted by Gasteiger charge is 2.29. The molecular weight excluding hydrogens is 301 g/mol. The van der Waals surface area contributed by atoms with Crippen molar-refractivity contribution < 1.29 is 14.3 Å². The predicted molar refractivity (Wildman–Crippen MR) is 77.1 cm³/mol. The van der Waals surface area contributed by atoms with Crippen LogP contribution in [-0.4, -0.2) is 24.5 Å². The molecule has 2 rings (SSSR count). The number of ether oxygens (including phenoxy) is 1. The maximum Gasteiger partial charge on any atom is 0.340 e. The lowest BCUT2D eigenvalue weighted by Gasteiger charge is -2.13. The van der Waals surface area contributed by atoms with Crippen molar-refractivity contribution in [2.75, 3.05) is 6.61 Å². The third-order valence-corrected chi connectivity index (χ3v) is 4.04. The van der Waals surface area contributed by atoms with E-state index >= 15 is 0 Å². The smallest absolute Gasteiger partial charge is 0.340 e. The van der Waals surface area contributed by atoms with Crippen molar-refractivity contribution in [1.82, 2.24) is 5.32 Å². The third kappa shape index (κ3) is 3.87. The largest absolute Gasteiger partial charge is 0.452 e. The van der Waals surface area contributed by atoms with E-state index in [9.17, 15) is 9.59 Å². The summed E-state index contributed by atoms with van der Waals surface area (Å²) in [6, 6.07) is 4.79. The number of carbonyl (C=O) groups is 2. The number of hydrogen-bond acceptors (Lipinski definition) is 3. The van der Waals surface area contributed by atoms with E-state index in [1.807, 2.05) is 6.92 Å². The van der Waals surface area contributed by atoms with E-state index in [1.165, 1.54) is 6.07 Å². The van der Waals surface area contributed by atoms with Crippen molar-refractivity contribution in [2.24, 2.45) is 5.92 Å². The predicted octanol–water partition coefficient (Wildman–Crippen LogP) is 3.06. The molecule has 0 heterocycles. The van der Waals surface area contributed by atoms with Crippen LogP contribution in [0.5, 0.6) is 0 Å². The van der Waals surface area contributed by atoms with Crippen LogP contribution in [0.1, 0.15) is 30.1 Å². The van der Waals surface area contributed by atoms with Crippen molar-refractivity contribution in [1.29, 1.82) is 0 Å². The molecular formula is C14H15Cl2NO3. The van der Waals surface area contributed by atoms with Crippen LogP contribution in [0.2, 0.25) is 10.0 Å². The molecule has 0 bridgehead atoms. The molecule has 4 nitrogen and oxygen atoms in total. The minimum absolute atomic E-state index is 0.121. The van der Waals surface area contributed by atoms with E-state index in [-0.39, 0.29) is 34.2 Å². The number of hydrogen-bond donors (Lipinski definition) is 1. The fourth-order valence-corrected chi connectivity index (χ4v) is 2.26. The van der Waals surface area contributed by atoms with Gasteiger partial charge in [-0.15, -0.1) is 0 Å². The van der Waals surface area contributed by atoms with Crippen molar-refractivity contribution in [2.45, 2.75) is 25.8 Å². The van der Waals surface area contributed by atoms with E-state index in [2.05, 4.69) is 5.32 Å². The molecule has 1 atom stereocenters. The van der Waals surface area contributed by atoms with Crippen molar-refractivity contribution in [3.05, 3.63) is 33.8 Å². The lowest BCUT2D eigenvalue weighted by molar-refractivity contribution is -0.124. The van der Waals surface area contributed by atoms with Crippen LogP contribution >= 0.6 is 23.2 Å². The fraction of sp³-hybridized carbons (Fsp3) is 0.429. The number of nitrogens with one attached hydrogen (secondary N) is 1. The summed E-state index contributed by atoms with van der Waals surface area (Å²) in [6.07, 6.45) is 2.28. The van der Waals surface area contributed by atoms with Crippen molar-refractivity contribution in [3.8, 4) is 0 Å². The Kier molecular flexibility index (Phi) is 4.89. The van der Waals surface area contributed by atoms with Crippen LogP contribution in [0.4, 0.5) is 0 Å². The van der Waals surface area contributed by atoms with Gasteiger partial charge in [-0.3, -0.25) is 4.79 Å². The summed E-state index contributed by atoms with van der Waals surface area (Å²) in [7, 11) is 0. The van der Waals surface area contributed by atoms with Crippen LogP contribution in [0, 0.1) is 5.92 Å². The lowest BCUT2D eigenvalue weighted by atomic mass is 10.2. The second-order valence-electron chi connectivity index (χ2n) is 4.87. The Hall–Kier alpha value is -1.26. The quantitative estimate of drug-likeness (QED) is 0.850. The van der Waals surface area contributed by atoms with E-state index in [1.54, 1.807) is 12.1 Å². The molecule has 6 heteroatoms. The summed E-state index contributed by atoms with van der Waals surface area (Å²) in [5.41, 5.74) is 0.155. The van der Waals surface area contributed by atoms with Gasteiger partial charge in [-0.1, -0.05) is 29.3 Å². The molecule has 0 saturated heterocycles. The summed E-state index contributed by atoms with van der Waals surface area (Å²) in [4.78, 5) is 23.4. The zero-order chi connectivity index (χ0) is 14.7. The second kappa shape index (κ2) is 6.46. The molecule has 0 aliphatic heterocycles. The maximum absolute atomic E-state index is 11.8. The topological polar surface area (TPSA) is 55.4 Å². The molecule has 108 valence electrons. The summed E-state index contributed by atoms with van der Waals surface area (Å²) in [5, 5.41) is 3.20. The number of amides is 1. The number of esters is 1. The van der Waals surface area contributed by atoms with Crippen LogP contribution < -0.4 is 5.32 Å². The van der Waals surface area contributed by atoms with Crippen LogP contribution in [-0.2, 0) is 9.53 Å². The van der Waals surface area contributed by atoms with Crippen molar-refractivity contribution >= 4 is 35.1 Å². The molecule has 1 fully saturated rings. The van der Waals surface area contributed by atoms with Gasteiger partial charge in [0.15, 0.2) is 6.61 Å². The highest BCUT2D eigenvalue weighted by molar-refractivity contribution is 6.43. The Labute approximate surface area is 127 Å². The van der Waals surface area contributed by atoms with E-state index in [4.69, 9.17) is 27.9 Å². The minimum Gasteiger partial charge on any atom is -0.452 e. The monoisotopic (exact) mass is 315 g/mol. The zero-order valence-electron chi connectivity index (χ0n) is 11.0. The first-order valence-electron chi connectivity index (χ1n) is 6.39. The first kappa shape index (κ1) is 15.1. The van der Waals surface area contributed by atoms with Crippen LogP contribution in [0.25, 0.3) is 0 Å². The van der Waals surface area contributed by atoms with E-state index < -0.39 is 5.97 Å². The van der Waals surface area contributed by atoms with Gasteiger partial charge in [-0.05, 0) is 37.8 Å². The molecule has 1 saturated carbocycles. The maximum atomic E-state index is 11.8. The third-order valence-electron chi connectivity index (χ3n) is 3.22. The summed E-state index contributed by atoms with van der Waals surface area (Å²) >= 11 is 11.7. The Bertz CT molecular complexity index is 529. The molecule has 1 aliphatic rings. The molecule has 20 heavy (non-hydrogen) atoms. The van der Waals surface area contributed by atoms with Gasteiger partial charge < -0.3 is 10.1 Å². The lowest BCUT2D eigenvalue weighted by Crippen LogP contribution is -2.37. The molecule has 0 unspecified atom stereocenters. The molecule has 1 N–H and O–H groups in total. The summed E-state index contributed by atoms with van der Waals surface area (Å²) in [5.74, 6) is -0.417. The number of benzene rings is 1. The van der Waals surface area contributed by atoms with Crippen LogP contribution in [0.15, 0.2) is 18.2 Å². The molecule has 1 amide bonds. The van der Waals surface area contributed by atoms with Gasteiger partial charge in [0.1, 0.15) is 0 Å². The molecule has 0 radical (unpaired) electrons. The first-order chi connectivity index (χ1) is 9.49. The van der Waals surface area contributed by atoms with Crippen molar-refractivity contribution in [3.63, 3.8) is 0 Å². The van der Waals surface area contributed by atoms with Gasteiger partial charge in [0.2, 0.25) is 0 Å². The SMILES string of the molecule is C[C@@H](NC(=O)COC(=O)c1cccc(Cl)c1Cl)C1CC1. The number of rotatable bonds is 5. The highest BCUT2D eigenvalue weighted by Crippen LogP contribution is 2.32. The van der Waals surface area contributed by atoms with E-state index in [0.29, 0.717) is 5.92 Å². The number of halogens is 2. The molecule has 1 aliphatic carbocycles. The van der Waals surface area contributed by atoms with Gasteiger partial charge in [-0.2, -0.15) is 0 Å². The minimum atomic E-state index is -0.660. The van der Waals surface area contributed by atoms with Gasteiger partial charge >= 0.3 is 5.97 Å². The normalized spacial score (nSPS) is 15.6. The molecule has 1 aromatic carbocycles. The van der Waals surface area contributed by atoms with Gasteiger partial charge in [0.05, 0.1) is 15.6 Å². The summed E-state index contributed by atoms with van der Waals surface area (Å²) in [6.45, 7) is 1.63. The number of carbonyl (C=O) groups excluding carboxylic acids is 2. The van der Waals surface area contributed by atoms with E-state index in [0.717, 1.165) is 12.8 Å². The van der Waals surface area contributed by atoms with Gasteiger partial charge in [0.25, 0.3) is 5.91 Å². The zero-order valence-corrected chi connectivity index (χ0v) is 12.5. The Morgan fingerprint density at radius 1 is 1.40 bits per heavy atom. The average Bonchev–Trinajstić information content (AvgIpc) is 3.23. The standard InChI is InChI=1S/C14H15Cl2NO3/c1-8(9-5-6-9)17-12(18)7-20-14(19)10-3-2-4-11(15)13(10)16/h2-4,8-9H,5-7H2,1H3,(H,17,18)/t8-/m1/s1. The first-order valence-corrected chi connectivity index (χ1v) is 7.15. The Morgan fingerprint density at radius 3 is 2.75 bits per heavy atom. The highest BCUT2D eigenvalue weighted by atomic mass is 35.5. The average molecular weight is 316 g/mol. The Morgan fingerprint density at radius 2 is 2.10 bits per heavy atom. The van der Waals surface area contributed by atoms with Gasteiger partial charge in [0, 0.05) is 6.04 Å². The Balaban J connectivity index is 1.85. The molecule has 1 aromatic rings. The molecule has 0 aromatic heterocycles.